The van der Waals surface area contributed by atoms with Crippen molar-refractivity contribution in [2.45, 2.75) is 0 Å². The number of halogens is 1. The van der Waals surface area contributed by atoms with Crippen LogP contribution in [-0.2, 0) is 9.53 Å². The topological polar surface area (TPSA) is 42.1 Å². The molecular formula is C12H10FNO2. The predicted octanol–water partition coefficient (Wildman–Crippen LogP) is 2.49. The van der Waals surface area contributed by atoms with Crippen molar-refractivity contribution >= 4 is 22.9 Å². The molecule has 0 fully saturated rings. The molecule has 0 atom stereocenters. The molecule has 2 rings (SSSR count). The Morgan fingerprint density at radius 3 is 3.06 bits per heavy atom. The van der Waals surface area contributed by atoms with Crippen LogP contribution in [0.2, 0.25) is 0 Å². The van der Waals surface area contributed by atoms with Gasteiger partial charge in [-0.1, -0.05) is 0 Å². The minimum absolute atomic E-state index is 0.336. The molecule has 4 heteroatoms. The Bertz CT molecular complexity index is 557. The molecule has 82 valence electrons. The average molecular weight is 219 g/mol. The maximum Gasteiger partial charge on any atom is 0.330 e. The van der Waals surface area contributed by atoms with E-state index in [0.717, 1.165) is 10.9 Å². The Kier molecular flexibility index (Phi) is 2.72. The van der Waals surface area contributed by atoms with Gasteiger partial charge in [0.05, 0.1) is 12.6 Å². The molecule has 1 aromatic heterocycles. The number of H-pyrrole nitrogens is 1. The molecule has 1 aromatic carbocycles. The Hall–Kier alpha value is -2.10. The molecule has 0 aliphatic heterocycles. The number of methoxy groups -OCH3 is 1. The number of ether oxygens (including phenoxy) is 1. The molecule has 1 heterocycles. The van der Waals surface area contributed by atoms with Crippen LogP contribution in [0.3, 0.4) is 0 Å². The lowest BCUT2D eigenvalue weighted by Crippen LogP contribution is -1.93. The van der Waals surface area contributed by atoms with Crippen LogP contribution in [0.25, 0.3) is 17.0 Å². The lowest BCUT2D eigenvalue weighted by molar-refractivity contribution is -0.134. The van der Waals surface area contributed by atoms with Crippen molar-refractivity contribution in [3.05, 3.63) is 41.9 Å². The SMILES string of the molecule is COC(=O)C=Cc1cc(F)cc2cc[nH]c12. The summed E-state index contributed by atoms with van der Waals surface area (Å²) >= 11 is 0. The van der Waals surface area contributed by atoms with Crippen LogP contribution >= 0.6 is 0 Å². The van der Waals surface area contributed by atoms with Crippen LogP contribution < -0.4 is 0 Å². The molecule has 0 spiro atoms. The van der Waals surface area contributed by atoms with Gasteiger partial charge in [0.25, 0.3) is 0 Å². The number of rotatable bonds is 2. The van der Waals surface area contributed by atoms with Gasteiger partial charge >= 0.3 is 5.97 Å². The molecule has 16 heavy (non-hydrogen) atoms. The first-order valence-corrected chi connectivity index (χ1v) is 4.73. The van der Waals surface area contributed by atoms with Gasteiger partial charge in [0, 0.05) is 23.2 Å². The number of benzene rings is 1. The summed E-state index contributed by atoms with van der Waals surface area (Å²) in [6.45, 7) is 0. The number of esters is 1. The van der Waals surface area contributed by atoms with E-state index >= 15 is 0 Å². The summed E-state index contributed by atoms with van der Waals surface area (Å²) < 4.78 is 17.7. The highest BCUT2D eigenvalue weighted by molar-refractivity contribution is 5.93. The van der Waals surface area contributed by atoms with Crippen molar-refractivity contribution in [1.82, 2.24) is 4.98 Å². The number of nitrogens with one attached hydrogen (secondary N) is 1. The number of aromatic nitrogens is 1. The minimum Gasteiger partial charge on any atom is -0.466 e. The molecule has 0 saturated heterocycles. The summed E-state index contributed by atoms with van der Waals surface area (Å²) in [6.07, 6.45) is 4.50. The summed E-state index contributed by atoms with van der Waals surface area (Å²) in [7, 11) is 1.29. The largest absolute Gasteiger partial charge is 0.466 e. The Morgan fingerprint density at radius 2 is 2.31 bits per heavy atom. The predicted molar refractivity (Wildman–Crippen MR) is 59.3 cm³/mol. The number of carbonyl (C=O) groups excluding carboxylic acids is 1. The van der Waals surface area contributed by atoms with Crippen LogP contribution in [0.1, 0.15) is 5.56 Å². The van der Waals surface area contributed by atoms with Crippen LogP contribution in [0.5, 0.6) is 0 Å². The summed E-state index contributed by atoms with van der Waals surface area (Å²) in [4.78, 5) is 13.9. The molecule has 0 aliphatic rings. The molecule has 0 saturated carbocycles. The van der Waals surface area contributed by atoms with E-state index < -0.39 is 5.97 Å². The lowest BCUT2D eigenvalue weighted by atomic mass is 10.1. The third-order valence-corrected chi connectivity index (χ3v) is 2.25. The van der Waals surface area contributed by atoms with Gasteiger partial charge in [0.1, 0.15) is 5.82 Å². The molecule has 0 bridgehead atoms. The highest BCUT2D eigenvalue weighted by Crippen LogP contribution is 2.20. The average Bonchev–Trinajstić information content (AvgIpc) is 2.73. The van der Waals surface area contributed by atoms with Gasteiger partial charge in [0.15, 0.2) is 0 Å². The maximum absolute atomic E-state index is 13.2. The van der Waals surface area contributed by atoms with Crippen molar-refractivity contribution in [3.8, 4) is 0 Å². The zero-order chi connectivity index (χ0) is 11.5. The number of hydrogen-bond donors (Lipinski definition) is 1. The molecule has 0 aliphatic carbocycles. The first kappa shape index (κ1) is 10.4. The van der Waals surface area contributed by atoms with Crippen molar-refractivity contribution in [2.75, 3.05) is 7.11 Å². The summed E-state index contributed by atoms with van der Waals surface area (Å²) in [6, 6.07) is 4.56. The first-order chi connectivity index (χ1) is 7.70. The van der Waals surface area contributed by atoms with E-state index in [9.17, 15) is 9.18 Å². The number of hydrogen-bond acceptors (Lipinski definition) is 2. The molecule has 3 nitrogen and oxygen atoms in total. The summed E-state index contributed by atoms with van der Waals surface area (Å²) in [5.41, 5.74) is 1.41. The first-order valence-electron chi connectivity index (χ1n) is 4.73. The normalized spacial score (nSPS) is 11.1. The Morgan fingerprint density at radius 1 is 1.50 bits per heavy atom. The highest BCUT2D eigenvalue weighted by Gasteiger charge is 2.03. The van der Waals surface area contributed by atoms with E-state index in [0.29, 0.717) is 5.56 Å². The zero-order valence-electron chi connectivity index (χ0n) is 8.66. The van der Waals surface area contributed by atoms with Gasteiger partial charge in [-0.05, 0) is 24.3 Å². The van der Waals surface area contributed by atoms with Crippen LogP contribution in [-0.4, -0.2) is 18.1 Å². The van der Waals surface area contributed by atoms with Crippen molar-refractivity contribution in [1.29, 1.82) is 0 Å². The van der Waals surface area contributed by atoms with Crippen LogP contribution in [0.15, 0.2) is 30.5 Å². The number of carbonyl (C=O) groups is 1. The molecule has 1 N–H and O–H groups in total. The fourth-order valence-electron chi connectivity index (χ4n) is 1.52. The van der Waals surface area contributed by atoms with Gasteiger partial charge in [-0.2, -0.15) is 0 Å². The van der Waals surface area contributed by atoms with E-state index in [4.69, 9.17) is 0 Å². The van der Waals surface area contributed by atoms with E-state index in [1.165, 1.54) is 31.4 Å². The van der Waals surface area contributed by atoms with Crippen LogP contribution in [0.4, 0.5) is 4.39 Å². The van der Waals surface area contributed by atoms with Gasteiger partial charge in [-0.15, -0.1) is 0 Å². The Labute approximate surface area is 91.5 Å². The lowest BCUT2D eigenvalue weighted by Gasteiger charge is -1.98. The maximum atomic E-state index is 13.2. The standard InChI is InChI=1S/C12H10FNO2/c1-16-11(15)3-2-8-6-10(13)7-9-4-5-14-12(8)9/h2-7,14H,1H3. The Balaban J connectivity index is 2.46. The van der Waals surface area contributed by atoms with Crippen molar-refractivity contribution in [3.63, 3.8) is 0 Å². The quantitative estimate of drug-likeness (QED) is 0.622. The van der Waals surface area contributed by atoms with Gasteiger partial charge in [-0.3, -0.25) is 0 Å². The van der Waals surface area contributed by atoms with Crippen LogP contribution in [0, 0.1) is 5.82 Å². The van der Waals surface area contributed by atoms with Crippen molar-refractivity contribution in [2.24, 2.45) is 0 Å². The number of fused-ring (bicyclic) bond motifs is 1. The molecular weight excluding hydrogens is 209 g/mol. The molecule has 0 unspecified atom stereocenters. The fraction of sp³-hybridized carbons (Fsp3) is 0.0833. The monoisotopic (exact) mass is 219 g/mol. The van der Waals surface area contributed by atoms with Gasteiger partial charge < -0.3 is 9.72 Å². The minimum atomic E-state index is -0.469. The third kappa shape index (κ3) is 1.95. The third-order valence-electron chi connectivity index (χ3n) is 2.25. The second kappa shape index (κ2) is 4.18. The van der Waals surface area contributed by atoms with E-state index in [-0.39, 0.29) is 5.82 Å². The second-order valence-corrected chi connectivity index (χ2v) is 3.29. The summed E-state index contributed by atoms with van der Waals surface area (Å²) in [5.74, 6) is -0.805. The zero-order valence-corrected chi connectivity index (χ0v) is 8.66. The fourth-order valence-corrected chi connectivity index (χ4v) is 1.52. The van der Waals surface area contributed by atoms with Gasteiger partial charge in [0.2, 0.25) is 0 Å². The van der Waals surface area contributed by atoms with E-state index in [2.05, 4.69) is 9.72 Å². The highest BCUT2D eigenvalue weighted by atomic mass is 19.1. The smallest absolute Gasteiger partial charge is 0.330 e. The van der Waals surface area contributed by atoms with E-state index in [1.807, 2.05) is 0 Å². The number of aromatic amines is 1. The van der Waals surface area contributed by atoms with Gasteiger partial charge in [-0.25, -0.2) is 9.18 Å². The molecule has 2 aromatic rings. The van der Waals surface area contributed by atoms with Crippen molar-refractivity contribution < 1.29 is 13.9 Å². The molecule has 0 radical (unpaired) electrons. The molecule has 0 amide bonds. The van der Waals surface area contributed by atoms with E-state index in [1.54, 1.807) is 12.3 Å². The second-order valence-electron chi connectivity index (χ2n) is 3.29. The summed E-state index contributed by atoms with van der Waals surface area (Å²) in [5, 5.41) is 0.768.